The number of aromatic hydroxyl groups is 1. The summed E-state index contributed by atoms with van der Waals surface area (Å²) in [6.07, 6.45) is 1.37. The minimum absolute atomic E-state index is 0.0749. The summed E-state index contributed by atoms with van der Waals surface area (Å²) in [5, 5.41) is 18.2. The van der Waals surface area contributed by atoms with Gasteiger partial charge in [-0.05, 0) is 28.1 Å². The minimum Gasteiger partial charge on any atom is -0.508 e. The fraction of sp³-hybridized carbons (Fsp3) is 0. The fourth-order valence-corrected chi connectivity index (χ4v) is 1.66. The molecule has 0 spiro atoms. The van der Waals surface area contributed by atoms with Crippen LogP contribution in [-0.2, 0) is 0 Å². The van der Waals surface area contributed by atoms with Crippen LogP contribution in [-0.4, -0.2) is 26.2 Å². The zero-order valence-electron chi connectivity index (χ0n) is 8.46. The number of aromatic carboxylic acids is 1. The number of halogens is 1. The summed E-state index contributed by atoms with van der Waals surface area (Å²) in [7, 11) is 0. The second-order valence-electron chi connectivity index (χ2n) is 3.25. The zero-order valence-corrected chi connectivity index (χ0v) is 10.0. The van der Waals surface area contributed by atoms with Gasteiger partial charge in [0.2, 0.25) is 0 Å². The first kappa shape index (κ1) is 11.5. The lowest BCUT2D eigenvalue weighted by Gasteiger charge is -2.03. The molecule has 86 valence electrons. The summed E-state index contributed by atoms with van der Waals surface area (Å²) >= 11 is 3.06. The Morgan fingerprint density at radius 1 is 1.35 bits per heavy atom. The van der Waals surface area contributed by atoms with Gasteiger partial charge in [0.15, 0.2) is 11.5 Å². The lowest BCUT2D eigenvalue weighted by Crippen LogP contribution is -2.04. The van der Waals surface area contributed by atoms with Crippen molar-refractivity contribution in [3.8, 4) is 17.1 Å². The number of hydrogen-bond acceptors (Lipinski definition) is 4. The number of hydrogen-bond donors (Lipinski definition) is 2. The number of benzene rings is 1. The molecule has 1 aromatic heterocycles. The molecule has 0 bridgehead atoms. The van der Waals surface area contributed by atoms with Crippen LogP contribution in [0.1, 0.15) is 10.5 Å². The average Bonchev–Trinajstić information content (AvgIpc) is 2.29. The van der Waals surface area contributed by atoms with E-state index in [0.29, 0.717) is 10.0 Å². The predicted octanol–water partition coefficient (Wildman–Crippen LogP) is 2.31. The van der Waals surface area contributed by atoms with Crippen LogP contribution < -0.4 is 0 Å². The topological polar surface area (TPSA) is 83.3 Å². The van der Waals surface area contributed by atoms with Crippen molar-refractivity contribution in [1.82, 2.24) is 9.97 Å². The van der Waals surface area contributed by atoms with Gasteiger partial charge in [-0.2, -0.15) is 0 Å². The van der Waals surface area contributed by atoms with Crippen molar-refractivity contribution in [1.29, 1.82) is 0 Å². The first-order valence-corrected chi connectivity index (χ1v) is 5.42. The van der Waals surface area contributed by atoms with Crippen molar-refractivity contribution in [2.24, 2.45) is 0 Å². The minimum atomic E-state index is -1.14. The second-order valence-corrected chi connectivity index (χ2v) is 4.10. The van der Waals surface area contributed by atoms with Crippen LogP contribution in [0.4, 0.5) is 0 Å². The van der Waals surface area contributed by atoms with Gasteiger partial charge in [-0.1, -0.05) is 12.1 Å². The van der Waals surface area contributed by atoms with Gasteiger partial charge in [-0.25, -0.2) is 14.8 Å². The molecule has 0 amide bonds. The normalized spacial score (nSPS) is 10.2. The summed E-state index contributed by atoms with van der Waals surface area (Å²) in [5.74, 6) is -0.812. The Hall–Kier alpha value is -1.95. The van der Waals surface area contributed by atoms with Crippen molar-refractivity contribution >= 4 is 21.9 Å². The molecule has 0 aliphatic rings. The van der Waals surface area contributed by atoms with Gasteiger partial charge in [0.25, 0.3) is 0 Å². The van der Waals surface area contributed by atoms with E-state index in [-0.39, 0.29) is 17.3 Å². The van der Waals surface area contributed by atoms with E-state index >= 15 is 0 Å². The Kier molecular flexibility index (Phi) is 3.06. The van der Waals surface area contributed by atoms with Gasteiger partial charge >= 0.3 is 5.97 Å². The lowest BCUT2D eigenvalue weighted by molar-refractivity contribution is 0.0689. The Morgan fingerprint density at radius 2 is 2.12 bits per heavy atom. The molecular weight excluding hydrogens is 288 g/mol. The highest BCUT2D eigenvalue weighted by molar-refractivity contribution is 9.10. The molecule has 5 nitrogen and oxygen atoms in total. The average molecular weight is 295 g/mol. The maximum absolute atomic E-state index is 10.9. The lowest BCUT2D eigenvalue weighted by atomic mass is 10.2. The van der Waals surface area contributed by atoms with Crippen LogP contribution in [0.15, 0.2) is 34.9 Å². The van der Waals surface area contributed by atoms with Crippen molar-refractivity contribution in [3.05, 3.63) is 40.6 Å². The predicted molar refractivity (Wildman–Crippen MR) is 63.8 cm³/mol. The highest BCUT2D eigenvalue weighted by Crippen LogP contribution is 2.22. The van der Waals surface area contributed by atoms with Gasteiger partial charge in [0.05, 0.1) is 4.47 Å². The molecule has 0 atom stereocenters. The van der Waals surface area contributed by atoms with E-state index < -0.39 is 5.97 Å². The smallest absolute Gasteiger partial charge is 0.355 e. The van der Waals surface area contributed by atoms with Crippen molar-refractivity contribution in [2.45, 2.75) is 0 Å². The quantitative estimate of drug-likeness (QED) is 0.888. The van der Waals surface area contributed by atoms with E-state index in [1.165, 1.54) is 18.3 Å². The van der Waals surface area contributed by atoms with E-state index in [2.05, 4.69) is 25.9 Å². The molecule has 0 saturated heterocycles. The molecule has 0 unspecified atom stereocenters. The van der Waals surface area contributed by atoms with E-state index in [0.717, 1.165) is 0 Å². The van der Waals surface area contributed by atoms with Crippen LogP contribution in [0.25, 0.3) is 11.4 Å². The molecule has 1 aromatic carbocycles. The molecule has 0 radical (unpaired) electrons. The first-order chi connectivity index (χ1) is 8.08. The van der Waals surface area contributed by atoms with E-state index in [9.17, 15) is 9.90 Å². The zero-order chi connectivity index (χ0) is 12.4. The SMILES string of the molecule is O=C(O)c1nc(-c2cccc(O)c2)ncc1Br. The Balaban J connectivity index is 2.54. The van der Waals surface area contributed by atoms with Crippen molar-refractivity contribution in [3.63, 3.8) is 0 Å². The monoisotopic (exact) mass is 294 g/mol. The summed E-state index contributed by atoms with van der Waals surface area (Å²) in [6.45, 7) is 0. The van der Waals surface area contributed by atoms with Gasteiger partial charge in [0.1, 0.15) is 5.75 Å². The number of phenolic OH excluding ortho intramolecular Hbond substituents is 1. The number of carbonyl (C=O) groups is 1. The number of aromatic nitrogens is 2. The molecule has 0 saturated carbocycles. The van der Waals surface area contributed by atoms with Crippen molar-refractivity contribution in [2.75, 3.05) is 0 Å². The van der Waals surface area contributed by atoms with Crippen molar-refractivity contribution < 1.29 is 15.0 Å². The summed E-state index contributed by atoms with van der Waals surface area (Å²) < 4.78 is 0.314. The van der Waals surface area contributed by atoms with E-state index in [1.807, 2.05) is 0 Å². The summed E-state index contributed by atoms with van der Waals surface area (Å²) in [6, 6.07) is 6.31. The number of carboxylic acids is 1. The fourth-order valence-electron chi connectivity index (χ4n) is 1.30. The Labute approximate surface area is 105 Å². The summed E-state index contributed by atoms with van der Waals surface area (Å²) in [5.41, 5.74) is 0.443. The molecule has 0 aliphatic carbocycles. The number of nitrogens with zero attached hydrogens (tertiary/aromatic N) is 2. The Bertz CT molecular complexity index is 587. The number of rotatable bonds is 2. The van der Waals surface area contributed by atoms with Crippen LogP contribution in [0, 0.1) is 0 Å². The molecule has 17 heavy (non-hydrogen) atoms. The van der Waals surface area contributed by atoms with Gasteiger partial charge in [-0.15, -0.1) is 0 Å². The first-order valence-electron chi connectivity index (χ1n) is 4.63. The van der Waals surface area contributed by atoms with Crippen LogP contribution in [0.5, 0.6) is 5.75 Å². The Morgan fingerprint density at radius 3 is 2.76 bits per heavy atom. The number of carboxylic acid groups (broad SMARTS) is 1. The third-order valence-electron chi connectivity index (χ3n) is 2.05. The molecule has 1 heterocycles. The van der Waals surface area contributed by atoms with Gasteiger partial charge in [-0.3, -0.25) is 0 Å². The molecule has 2 N–H and O–H groups in total. The highest BCUT2D eigenvalue weighted by Gasteiger charge is 2.13. The third kappa shape index (κ3) is 2.42. The maximum Gasteiger partial charge on any atom is 0.355 e. The largest absolute Gasteiger partial charge is 0.508 e. The van der Waals surface area contributed by atoms with Crippen LogP contribution >= 0.6 is 15.9 Å². The highest BCUT2D eigenvalue weighted by atomic mass is 79.9. The molecule has 0 fully saturated rings. The third-order valence-corrected chi connectivity index (χ3v) is 2.63. The molecular formula is C11H7BrN2O3. The molecule has 0 aliphatic heterocycles. The summed E-state index contributed by atoms with van der Waals surface area (Å²) in [4.78, 5) is 18.8. The number of phenols is 1. The van der Waals surface area contributed by atoms with Gasteiger partial charge < -0.3 is 10.2 Å². The van der Waals surface area contributed by atoms with Gasteiger partial charge in [0, 0.05) is 11.8 Å². The van der Waals surface area contributed by atoms with E-state index in [1.54, 1.807) is 12.1 Å². The van der Waals surface area contributed by atoms with Crippen LogP contribution in [0.2, 0.25) is 0 Å². The molecule has 2 rings (SSSR count). The maximum atomic E-state index is 10.9. The van der Waals surface area contributed by atoms with Crippen LogP contribution in [0.3, 0.4) is 0 Å². The molecule has 6 heteroatoms. The van der Waals surface area contributed by atoms with E-state index in [4.69, 9.17) is 5.11 Å². The molecule has 2 aromatic rings. The standard InChI is InChI=1S/C11H7BrN2O3/c12-8-5-13-10(14-9(8)11(16)17)6-2-1-3-7(15)4-6/h1-5,15H,(H,16,17). The second kappa shape index (κ2) is 4.50.